The van der Waals surface area contributed by atoms with Gasteiger partial charge in [0.25, 0.3) is 5.91 Å². The summed E-state index contributed by atoms with van der Waals surface area (Å²) >= 11 is 0. The molecule has 2 N–H and O–H groups in total. The Morgan fingerprint density at radius 2 is 2.31 bits per heavy atom. The second kappa shape index (κ2) is 4.49. The van der Waals surface area contributed by atoms with Gasteiger partial charge in [-0.05, 0) is 18.9 Å². The van der Waals surface area contributed by atoms with Crippen molar-refractivity contribution in [1.82, 2.24) is 9.88 Å². The third-order valence-corrected chi connectivity index (χ3v) is 2.71. The zero-order valence-electron chi connectivity index (χ0n) is 8.85. The molecule has 1 amide bonds. The van der Waals surface area contributed by atoms with Crippen molar-refractivity contribution >= 4 is 5.91 Å². The van der Waals surface area contributed by atoms with E-state index in [0.29, 0.717) is 18.7 Å². The average molecular weight is 222 g/mol. The zero-order chi connectivity index (χ0) is 11.5. The van der Waals surface area contributed by atoms with Crippen LogP contribution >= 0.6 is 0 Å². The minimum atomic E-state index is -0.430. The fourth-order valence-electron chi connectivity index (χ4n) is 1.87. The van der Waals surface area contributed by atoms with Crippen molar-refractivity contribution in [2.45, 2.75) is 18.9 Å². The van der Waals surface area contributed by atoms with Crippen molar-refractivity contribution in [3.63, 3.8) is 0 Å². The fraction of sp³-hybridized carbons (Fsp3) is 0.455. The monoisotopic (exact) mass is 222 g/mol. The SMILES string of the molecule is O=C(c1ccc(=O)[nH]c1)N1CCC[C@@H](O)C1. The van der Waals surface area contributed by atoms with E-state index < -0.39 is 6.10 Å². The Bertz CT molecular complexity index is 421. The molecule has 2 rings (SSSR count). The number of rotatable bonds is 1. The summed E-state index contributed by atoms with van der Waals surface area (Å²) in [5, 5.41) is 9.47. The molecule has 1 fully saturated rings. The summed E-state index contributed by atoms with van der Waals surface area (Å²) in [6.45, 7) is 1.03. The summed E-state index contributed by atoms with van der Waals surface area (Å²) in [5.41, 5.74) is 0.226. The molecule has 86 valence electrons. The van der Waals surface area contributed by atoms with Crippen LogP contribution < -0.4 is 5.56 Å². The number of nitrogens with zero attached hydrogens (tertiary/aromatic N) is 1. The van der Waals surface area contributed by atoms with Crippen LogP contribution in [0.1, 0.15) is 23.2 Å². The van der Waals surface area contributed by atoms with Crippen molar-refractivity contribution in [1.29, 1.82) is 0 Å². The number of amides is 1. The maximum absolute atomic E-state index is 11.9. The van der Waals surface area contributed by atoms with Crippen LogP contribution in [0, 0.1) is 0 Å². The van der Waals surface area contributed by atoms with Gasteiger partial charge in [0.2, 0.25) is 5.56 Å². The van der Waals surface area contributed by atoms with Crippen LogP contribution in [0.15, 0.2) is 23.1 Å². The Kier molecular flexibility index (Phi) is 3.05. The smallest absolute Gasteiger partial charge is 0.255 e. The molecule has 0 aromatic carbocycles. The van der Waals surface area contributed by atoms with Crippen LogP contribution in [-0.4, -0.2) is 40.1 Å². The zero-order valence-corrected chi connectivity index (χ0v) is 8.85. The van der Waals surface area contributed by atoms with Gasteiger partial charge < -0.3 is 15.0 Å². The predicted molar refractivity (Wildman–Crippen MR) is 58.2 cm³/mol. The molecule has 0 saturated carbocycles. The molecule has 1 saturated heterocycles. The van der Waals surface area contributed by atoms with E-state index >= 15 is 0 Å². The highest BCUT2D eigenvalue weighted by Crippen LogP contribution is 2.12. The number of aromatic nitrogens is 1. The van der Waals surface area contributed by atoms with Gasteiger partial charge in [0, 0.05) is 25.4 Å². The summed E-state index contributed by atoms with van der Waals surface area (Å²) in [4.78, 5) is 26.9. The molecule has 1 aliphatic rings. The first-order valence-corrected chi connectivity index (χ1v) is 5.33. The molecule has 16 heavy (non-hydrogen) atoms. The first kappa shape index (κ1) is 10.9. The third kappa shape index (κ3) is 2.30. The Balaban J connectivity index is 2.12. The van der Waals surface area contributed by atoms with Crippen molar-refractivity contribution in [2.24, 2.45) is 0 Å². The molecule has 5 nitrogen and oxygen atoms in total. The van der Waals surface area contributed by atoms with Gasteiger partial charge in [-0.25, -0.2) is 0 Å². The second-order valence-corrected chi connectivity index (χ2v) is 3.99. The van der Waals surface area contributed by atoms with Gasteiger partial charge in [0.15, 0.2) is 0 Å². The number of piperidine rings is 1. The molecule has 2 heterocycles. The van der Waals surface area contributed by atoms with Crippen molar-refractivity contribution in [3.05, 3.63) is 34.2 Å². The summed E-state index contributed by atoms with van der Waals surface area (Å²) < 4.78 is 0. The summed E-state index contributed by atoms with van der Waals surface area (Å²) in [5.74, 6) is -0.144. The van der Waals surface area contributed by atoms with Gasteiger partial charge >= 0.3 is 0 Å². The normalized spacial score (nSPS) is 20.8. The van der Waals surface area contributed by atoms with E-state index in [1.807, 2.05) is 0 Å². The van der Waals surface area contributed by atoms with Gasteiger partial charge in [-0.1, -0.05) is 0 Å². The average Bonchev–Trinajstić information content (AvgIpc) is 2.29. The molecule has 1 atom stereocenters. The lowest BCUT2D eigenvalue weighted by Gasteiger charge is -2.30. The van der Waals surface area contributed by atoms with Gasteiger partial charge in [0.05, 0.1) is 11.7 Å². The number of aliphatic hydroxyl groups excluding tert-OH is 1. The first-order valence-electron chi connectivity index (χ1n) is 5.33. The molecule has 0 aliphatic carbocycles. The van der Waals surface area contributed by atoms with E-state index in [1.165, 1.54) is 18.3 Å². The van der Waals surface area contributed by atoms with Crippen molar-refractivity contribution < 1.29 is 9.90 Å². The minimum absolute atomic E-state index is 0.144. The second-order valence-electron chi connectivity index (χ2n) is 3.99. The van der Waals surface area contributed by atoms with Gasteiger partial charge in [0.1, 0.15) is 0 Å². The van der Waals surface area contributed by atoms with Crippen molar-refractivity contribution in [2.75, 3.05) is 13.1 Å². The number of nitrogens with one attached hydrogen (secondary N) is 1. The highest BCUT2D eigenvalue weighted by atomic mass is 16.3. The Morgan fingerprint density at radius 3 is 2.94 bits per heavy atom. The maximum atomic E-state index is 11.9. The van der Waals surface area contributed by atoms with Gasteiger partial charge in [-0.3, -0.25) is 9.59 Å². The quantitative estimate of drug-likeness (QED) is 0.701. The highest BCUT2D eigenvalue weighted by molar-refractivity contribution is 5.93. The molecule has 0 spiro atoms. The van der Waals surface area contributed by atoms with E-state index in [0.717, 1.165) is 12.8 Å². The van der Waals surface area contributed by atoms with Crippen LogP contribution in [0.25, 0.3) is 0 Å². The Labute approximate surface area is 92.7 Å². The fourth-order valence-corrected chi connectivity index (χ4v) is 1.87. The van der Waals surface area contributed by atoms with Gasteiger partial charge in [-0.2, -0.15) is 0 Å². The summed E-state index contributed by atoms with van der Waals surface area (Å²) in [7, 11) is 0. The molecule has 1 aromatic rings. The standard InChI is InChI=1S/C11H14N2O3/c14-9-2-1-5-13(7-9)11(16)8-3-4-10(15)12-6-8/h3-4,6,9,14H,1-2,5,7H2,(H,12,15)/t9-/m1/s1. The van der Waals surface area contributed by atoms with Gasteiger partial charge in [-0.15, -0.1) is 0 Å². The van der Waals surface area contributed by atoms with Crippen LogP contribution in [0.2, 0.25) is 0 Å². The minimum Gasteiger partial charge on any atom is -0.391 e. The molecule has 5 heteroatoms. The number of aromatic amines is 1. The summed E-state index contributed by atoms with van der Waals surface area (Å²) in [6.07, 6.45) is 2.54. The molecule has 1 aliphatic heterocycles. The van der Waals surface area contributed by atoms with E-state index in [1.54, 1.807) is 4.90 Å². The van der Waals surface area contributed by atoms with Crippen LogP contribution in [0.3, 0.4) is 0 Å². The molecule has 0 bridgehead atoms. The van der Waals surface area contributed by atoms with E-state index in [2.05, 4.69) is 4.98 Å². The number of pyridine rings is 1. The molecular formula is C11H14N2O3. The van der Waals surface area contributed by atoms with Crippen LogP contribution in [0.5, 0.6) is 0 Å². The van der Waals surface area contributed by atoms with Crippen molar-refractivity contribution in [3.8, 4) is 0 Å². The van der Waals surface area contributed by atoms with Crippen LogP contribution in [-0.2, 0) is 0 Å². The topological polar surface area (TPSA) is 73.4 Å². The summed E-state index contributed by atoms with van der Waals surface area (Å²) in [6, 6.07) is 2.83. The highest BCUT2D eigenvalue weighted by Gasteiger charge is 2.22. The number of likely N-dealkylation sites (tertiary alicyclic amines) is 1. The lowest BCUT2D eigenvalue weighted by atomic mass is 10.1. The van der Waals surface area contributed by atoms with E-state index in [4.69, 9.17) is 0 Å². The molecule has 1 aromatic heterocycles. The predicted octanol–water partition coefficient (Wildman–Crippen LogP) is -0.0282. The Hall–Kier alpha value is -1.62. The number of carbonyl (C=O) groups excluding carboxylic acids is 1. The maximum Gasteiger partial charge on any atom is 0.255 e. The molecule has 0 radical (unpaired) electrons. The van der Waals surface area contributed by atoms with Crippen LogP contribution in [0.4, 0.5) is 0 Å². The third-order valence-electron chi connectivity index (χ3n) is 2.71. The van der Waals surface area contributed by atoms with E-state index in [9.17, 15) is 14.7 Å². The number of hydrogen-bond acceptors (Lipinski definition) is 3. The largest absolute Gasteiger partial charge is 0.391 e. The number of carbonyl (C=O) groups is 1. The van der Waals surface area contributed by atoms with E-state index in [-0.39, 0.29) is 11.5 Å². The molecule has 0 unspecified atom stereocenters. The number of aliphatic hydroxyl groups is 1. The number of hydrogen-bond donors (Lipinski definition) is 2. The lowest BCUT2D eigenvalue weighted by molar-refractivity contribution is 0.0473. The number of H-pyrrole nitrogens is 1. The number of β-amino-alcohol motifs (C(OH)–C–C–N with tert-alkyl or cyclic N) is 1. The lowest BCUT2D eigenvalue weighted by Crippen LogP contribution is -2.42. The Morgan fingerprint density at radius 1 is 1.50 bits per heavy atom. The first-order chi connectivity index (χ1) is 7.66. The molecular weight excluding hydrogens is 208 g/mol.